The predicted octanol–water partition coefficient (Wildman–Crippen LogP) is 3.22. The van der Waals surface area contributed by atoms with Crippen LogP contribution in [0.4, 0.5) is 5.69 Å². The molecule has 1 N–H and O–H groups in total. The molecule has 1 aromatic carbocycles. The van der Waals surface area contributed by atoms with Crippen LogP contribution in [0.1, 0.15) is 27.7 Å². The van der Waals surface area contributed by atoms with Gasteiger partial charge >= 0.3 is 0 Å². The molecule has 0 saturated carbocycles. The van der Waals surface area contributed by atoms with Crippen LogP contribution >= 0.6 is 0 Å². The van der Waals surface area contributed by atoms with E-state index in [1.165, 1.54) is 5.69 Å². The summed E-state index contributed by atoms with van der Waals surface area (Å²) in [5.74, 6) is 0. The van der Waals surface area contributed by atoms with Crippen molar-refractivity contribution >= 4 is 5.69 Å². The first-order valence-electron chi connectivity index (χ1n) is 6.19. The van der Waals surface area contributed by atoms with Crippen LogP contribution in [-0.4, -0.2) is 30.1 Å². The second kappa shape index (κ2) is 6.54. The Morgan fingerprint density at radius 3 is 2.25 bits per heavy atom. The van der Waals surface area contributed by atoms with Gasteiger partial charge in [0.2, 0.25) is 0 Å². The topological polar surface area (TPSA) is 15.3 Å². The number of para-hydroxylation sites is 1. The molecular formula is C14H24N2. The van der Waals surface area contributed by atoms with Gasteiger partial charge in [-0.25, -0.2) is 0 Å². The maximum absolute atomic E-state index is 3.47. The summed E-state index contributed by atoms with van der Waals surface area (Å²) in [6.07, 6.45) is 0. The number of anilines is 1. The third kappa shape index (κ3) is 3.86. The summed E-state index contributed by atoms with van der Waals surface area (Å²) in [5, 5.41) is 3.47. The fourth-order valence-corrected chi connectivity index (χ4v) is 2.12. The molecule has 2 heteroatoms. The highest BCUT2D eigenvalue weighted by molar-refractivity contribution is 5.42. The minimum absolute atomic E-state index is 0.560. The monoisotopic (exact) mass is 220 g/mol. The highest BCUT2D eigenvalue weighted by Crippen LogP contribution is 2.08. The molecule has 1 unspecified atom stereocenters. The molecule has 1 rings (SSSR count). The summed E-state index contributed by atoms with van der Waals surface area (Å²) in [6, 6.07) is 11.6. The number of hydrogen-bond acceptors (Lipinski definition) is 2. The normalized spacial score (nSPS) is 13.1. The van der Waals surface area contributed by atoms with Crippen LogP contribution in [0.15, 0.2) is 30.3 Å². The van der Waals surface area contributed by atoms with Crippen LogP contribution in [0.3, 0.4) is 0 Å². The molecule has 0 saturated heterocycles. The molecular weight excluding hydrogens is 196 g/mol. The van der Waals surface area contributed by atoms with Gasteiger partial charge in [-0.05, 0) is 39.4 Å². The molecule has 1 aromatic rings. The molecule has 1 atom stereocenters. The van der Waals surface area contributed by atoms with Crippen molar-refractivity contribution < 1.29 is 0 Å². The van der Waals surface area contributed by atoms with Gasteiger partial charge in [-0.15, -0.1) is 0 Å². The fourth-order valence-electron chi connectivity index (χ4n) is 2.12. The van der Waals surface area contributed by atoms with Crippen molar-refractivity contribution in [3.63, 3.8) is 0 Å². The van der Waals surface area contributed by atoms with Crippen molar-refractivity contribution in [2.45, 2.75) is 39.8 Å². The third-order valence-corrected chi connectivity index (χ3v) is 2.97. The largest absolute Gasteiger partial charge is 0.383 e. The molecule has 0 bridgehead atoms. The molecule has 0 radical (unpaired) electrons. The average Bonchev–Trinajstić information content (AvgIpc) is 2.28. The van der Waals surface area contributed by atoms with Crippen molar-refractivity contribution in [3.8, 4) is 0 Å². The smallest absolute Gasteiger partial charge is 0.0340 e. The number of nitrogens with one attached hydrogen (secondary N) is 1. The Labute approximate surface area is 99.7 Å². The second-order valence-electron chi connectivity index (χ2n) is 4.52. The summed E-state index contributed by atoms with van der Waals surface area (Å²) in [6.45, 7) is 11.1. The van der Waals surface area contributed by atoms with Gasteiger partial charge in [0.25, 0.3) is 0 Å². The first kappa shape index (κ1) is 13.0. The number of benzene rings is 1. The van der Waals surface area contributed by atoms with Gasteiger partial charge in [-0.1, -0.05) is 25.1 Å². The first-order valence-corrected chi connectivity index (χ1v) is 6.19. The molecule has 0 aliphatic carbocycles. The molecule has 0 fully saturated rings. The highest BCUT2D eigenvalue weighted by Gasteiger charge is 2.14. The van der Waals surface area contributed by atoms with E-state index in [0.717, 1.165) is 13.1 Å². The first-order chi connectivity index (χ1) is 7.65. The van der Waals surface area contributed by atoms with Crippen molar-refractivity contribution in [1.82, 2.24) is 4.90 Å². The lowest BCUT2D eigenvalue weighted by molar-refractivity contribution is 0.181. The summed E-state index contributed by atoms with van der Waals surface area (Å²) in [5.41, 5.74) is 1.20. The molecule has 0 aromatic heterocycles. The summed E-state index contributed by atoms with van der Waals surface area (Å²) >= 11 is 0. The lowest BCUT2D eigenvalue weighted by Gasteiger charge is -2.31. The zero-order valence-electron chi connectivity index (χ0n) is 10.9. The lowest BCUT2D eigenvalue weighted by atomic mass is 10.2. The van der Waals surface area contributed by atoms with E-state index in [1.807, 2.05) is 6.07 Å². The van der Waals surface area contributed by atoms with Crippen molar-refractivity contribution in [3.05, 3.63) is 30.3 Å². The highest BCUT2D eigenvalue weighted by atomic mass is 15.2. The Morgan fingerprint density at radius 2 is 1.75 bits per heavy atom. The predicted molar refractivity (Wildman–Crippen MR) is 71.9 cm³/mol. The molecule has 0 spiro atoms. The fraction of sp³-hybridized carbons (Fsp3) is 0.571. The van der Waals surface area contributed by atoms with Gasteiger partial charge in [0.1, 0.15) is 0 Å². The standard InChI is InChI=1S/C14H24N2/c1-5-16(12(2)3)13(4)11-15-14-9-7-6-8-10-14/h6-10,12-13,15H,5,11H2,1-4H3. The molecule has 0 aliphatic heterocycles. The van der Waals surface area contributed by atoms with E-state index in [-0.39, 0.29) is 0 Å². The van der Waals surface area contributed by atoms with Gasteiger partial charge in [-0.2, -0.15) is 0 Å². The zero-order valence-corrected chi connectivity index (χ0v) is 10.9. The number of likely N-dealkylation sites (N-methyl/N-ethyl adjacent to an activating group) is 1. The lowest BCUT2D eigenvalue weighted by Crippen LogP contribution is -2.42. The van der Waals surface area contributed by atoms with Gasteiger partial charge < -0.3 is 5.32 Å². The minimum Gasteiger partial charge on any atom is -0.383 e. The van der Waals surface area contributed by atoms with E-state index in [4.69, 9.17) is 0 Å². The quantitative estimate of drug-likeness (QED) is 0.792. The third-order valence-electron chi connectivity index (χ3n) is 2.97. The van der Waals surface area contributed by atoms with Crippen LogP contribution in [0.5, 0.6) is 0 Å². The molecule has 0 aliphatic rings. The molecule has 2 nitrogen and oxygen atoms in total. The SMILES string of the molecule is CCN(C(C)C)C(C)CNc1ccccc1. The summed E-state index contributed by atoms with van der Waals surface area (Å²) in [4.78, 5) is 2.50. The van der Waals surface area contributed by atoms with E-state index in [0.29, 0.717) is 12.1 Å². The van der Waals surface area contributed by atoms with E-state index in [9.17, 15) is 0 Å². The Morgan fingerprint density at radius 1 is 1.12 bits per heavy atom. The summed E-state index contributed by atoms with van der Waals surface area (Å²) in [7, 11) is 0. The van der Waals surface area contributed by atoms with Crippen molar-refractivity contribution in [2.24, 2.45) is 0 Å². The number of nitrogens with zero attached hydrogens (tertiary/aromatic N) is 1. The van der Waals surface area contributed by atoms with Crippen LogP contribution in [0.2, 0.25) is 0 Å². The Kier molecular flexibility index (Phi) is 5.33. The van der Waals surface area contributed by atoms with Crippen molar-refractivity contribution in [2.75, 3.05) is 18.4 Å². The second-order valence-corrected chi connectivity index (χ2v) is 4.52. The van der Waals surface area contributed by atoms with Gasteiger partial charge in [-0.3, -0.25) is 4.90 Å². The average molecular weight is 220 g/mol. The maximum Gasteiger partial charge on any atom is 0.0340 e. The van der Waals surface area contributed by atoms with Crippen molar-refractivity contribution in [1.29, 1.82) is 0 Å². The molecule has 0 amide bonds. The molecule has 16 heavy (non-hydrogen) atoms. The molecule has 0 heterocycles. The summed E-state index contributed by atoms with van der Waals surface area (Å²) < 4.78 is 0. The van der Waals surface area contributed by atoms with Crippen LogP contribution in [-0.2, 0) is 0 Å². The minimum atomic E-state index is 0.560. The molecule has 90 valence electrons. The van der Waals surface area contributed by atoms with E-state index in [1.54, 1.807) is 0 Å². The Bertz CT molecular complexity index is 282. The number of hydrogen-bond donors (Lipinski definition) is 1. The maximum atomic E-state index is 3.47. The van der Waals surface area contributed by atoms with Crippen LogP contribution in [0, 0.1) is 0 Å². The van der Waals surface area contributed by atoms with E-state index >= 15 is 0 Å². The zero-order chi connectivity index (χ0) is 12.0. The van der Waals surface area contributed by atoms with Gasteiger partial charge in [0.15, 0.2) is 0 Å². The Hall–Kier alpha value is -1.02. The van der Waals surface area contributed by atoms with Gasteiger partial charge in [0.05, 0.1) is 0 Å². The van der Waals surface area contributed by atoms with Crippen LogP contribution in [0.25, 0.3) is 0 Å². The number of rotatable bonds is 6. The Balaban J connectivity index is 2.43. The van der Waals surface area contributed by atoms with E-state index < -0.39 is 0 Å². The van der Waals surface area contributed by atoms with E-state index in [2.05, 4.69) is 62.2 Å². The van der Waals surface area contributed by atoms with Gasteiger partial charge in [0, 0.05) is 24.3 Å². The van der Waals surface area contributed by atoms with Crippen LogP contribution < -0.4 is 5.32 Å².